The molecule has 0 N–H and O–H groups in total. The minimum absolute atomic E-state index is 0.0354. The van der Waals surface area contributed by atoms with Gasteiger partial charge in [0.1, 0.15) is 0 Å². The van der Waals surface area contributed by atoms with Crippen molar-refractivity contribution in [2.45, 2.75) is 17.9 Å². The molecule has 8 heteroatoms. The van der Waals surface area contributed by atoms with Crippen LogP contribution in [-0.2, 0) is 36.5 Å². The van der Waals surface area contributed by atoms with Gasteiger partial charge in [-0.2, -0.15) is 0 Å². The van der Waals surface area contributed by atoms with E-state index in [2.05, 4.69) is 23.1 Å². The number of rotatable bonds is 7. The molecule has 2 rings (SSSR count). The number of carbonyl (C=O) groups is 1. The topological polar surface area (TPSA) is 63.7 Å². The van der Waals surface area contributed by atoms with Gasteiger partial charge in [0.25, 0.3) is 0 Å². The number of halogens is 1. The third kappa shape index (κ3) is 4.84. The molecular weight excluding hydrogens is 413 g/mol. The van der Waals surface area contributed by atoms with Crippen LogP contribution < -0.4 is 0 Å². The fourth-order valence-electron chi connectivity index (χ4n) is 2.39. The van der Waals surface area contributed by atoms with Crippen molar-refractivity contribution in [3.8, 4) is 0 Å². The van der Waals surface area contributed by atoms with Gasteiger partial charge >= 0.3 is 168 Å². The number of carbonyl (C=O) groups excluding carboxylic acids is 1. The van der Waals surface area contributed by atoms with Crippen molar-refractivity contribution < 1.29 is 34.9 Å². The Kier molecular flexibility index (Phi) is 7.61. The van der Waals surface area contributed by atoms with E-state index in [1.165, 1.54) is 22.5 Å². The van der Waals surface area contributed by atoms with Crippen LogP contribution in [0.25, 0.3) is 0 Å². The van der Waals surface area contributed by atoms with E-state index >= 15 is 0 Å². The maximum atomic E-state index is 13.0. The molecule has 137 valence electrons. The van der Waals surface area contributed by atoms with Crippen molar-refractivity contribution in [3.63, 3.8) is 0 Å². The summed E-state index contributed by atoms with van der Waals surface area (Å²) in [5, 5.41) is 0.197. The monoisotopic (exact) mass is 429 g/mol. The van der Waals surface area contributed by atoms with Crippen molar-refractivity contribution in [1.82, 2.24) is 4.31 Å². The number of nitrogens with zero attached hydrogens (tertiary/aromatic N) is 1. The number of benzene rings is 1. The first kappa shape index (κ1) is 20.9. The van der Waals surface area contributed by atoms with Crippen LogP contribution in [0.5, 0.6) is 0 Å². The van der Waals surface area contributed by atoms with Crippen LogP contribution in [0.2, 0.25) is 0 Å². The summed E-state index contributed by atoms with van der Waals surface area (Å²) in [4.78, 5) is 12.4. The molecule has 0 bridgehead atoms. The van der Waals surface area contributed by atoms with Crippen LogP contribution >= 0.6 is 11.6 Å². The summed E-state index contributed by atoms with van der Waals surface area (Å²) in [5.41, 5.74) is 0.203. The van der Waals surface area contributed by atoms with Gasteiger partial charge in [0.15, 0.2) is 0 Å². The van der Waals surface area contributed by atoms with E-state index in [9.17, 15) is 13.2 Å². The molecule has 1 aliphatic heterocycles. The van der Waals surface area contributed by atoms with Crippen LogP contribution in [-0.4, -0.2) is 42.6 Å². The van der Waals surface area contributed by atoms with Gasteiger partial charge in [-0.25, -0.2) is 0 Å². The van der Waals surface area contributed by atoms with Crippen LogP contribution in [0.1, 0.15) is 6.92 Å². The van der Waals surface area contributed by atoms with Gasteiger partial charge in [0.2, 0.25) is 0 Å². The van der Waals surface area contributed by atoms with Gasteiger partial charge in [-0.1, -0.05) is 0 Å². The molecule has 1 heterocycles. The molecule has 0 fully saturated rings. The van der Waals surface area contributed by atoms with Crippen LogP contribution in [0.3, 0.4) is 0 Å². The molecule has 26 heavy (non-hydrogen) atoms. The molecule has 1 aliphatic rings. The quantitative estimate of drug-likeness (QED) is 0.379. The van der Waals surface area contributed by atoms with Gasteiger partial charge in [0.05, 0.1) is 0 Å². The van der Waals surface area contributed by atoms with Crippen molar-refractivity contribution in [2.75, 3.05) is 13.2 Å². The zero-order valence-electron chi connectivity index (χ0n) is 14.0. The molecular formula is C18H17ClNO4SV-. The molecule has 0 amide bonds. The summed E-state index contributed by atoms with van der Waals surface area (Å²) in [5.74, 6) is -0.581. The molecule has 0 saturated heterocycles. The predicted octanol–water partition coefficient (Wildman–Crippen LogP) is 2.38. The predicted molar refractivity (Wildman–Crippen MR) is 96.7 cm³/mol. The van der Waals surface area contributed by atoms with Crippen LogP contribution in [0.15, 0.2) is 64.1 Å². The van der Waals surface area contributed by atoms with Gasteiger partial charge in [-0.15, -0.1) is 0 Å². The third-order valence-corrected chi connectivity index (χ3v) is 5.89. The normalized spacial score (nSPS) is 18.7. The van der Waals surface area contributed by atoms with Gasteiger partial charge in [-0.05, 0) is 0 Å². The Hall–Kier alpha value is -1.44. The molecule has 0 radical (unpaired) electrons. The van der Waals surface area contributed by atoms with Crippen molar-refractivity contribution in [2.24, 2.45) is 0 Å². The van der Waals surface area contributed by atoms with E-state index in [0.717, 1.165) is 0 Å². The van der Waals surface area contributed by atoms with Gasteiger partial charge < -0.3 is 0 Å². The first-order valence-corrected chi connectivity index (χ1v) is 10.4. The first-order chi connectivity index (χ1) is 12.4. The zero-order valence-corrected chi connectivity index (χ0v) is 17.0. The number of hydrogen-bond donors (Lipinski definition) is 0. The number of esters is 1. The molecule has 0 aromatic heterocycles. The van der Waals surface area contributed by atoms with Crippen molar-refractivity contribution >= 4 is 32.3 Å². The Morgan fingerprint density at radius 3 is 2.73 bits per heavy atom. The van der Waals surface area contributed by atoms with Crippen molar-refractivity contribution in [3.05, 3.63) is 65.2 Å². The molecule has 1 aromatic carbocycles. The molecule has 1 atom stereocenters. The van der Waals surface area contributed by atoms with E-state index in [0.29, 0.717) is 0 Å². The van der Waals surface area contributed by atoms with Gasteiger partial charge in [-0.3, -0.25) is 0 Å². The fraction of sp³-hybridized carbons (Fsp3) is 0.222. The Labute approximate surface area is 167 Å². The fourth-order valence-corrected chi connectivity index (χ4v) is 4.19. The average Bonchev–Trinajstić information content (AvgIpc) is 3.05. The van der Waals surface area contributed by atoms with Crippen molar-refractivity contribution in [1.29, 1.82) is 0 Å². The Morgan fingerprint density at radius 2 is 2.12 bits per heavy atom. The first-order valence-electron chi connectivity index (χ1n) is 7.79. The summed E-state index contributed by atoms with van der Waals surface area (Å²) < 4.78 is 33.9. The van der Waals surface area contributed by atoms with Crippen LogP contribution in [0, 0.1) is 6.08 Å². The van der Waals surface area contributed by atoms with E-state index in [4.69, 9.17) is 16.3 Å². The van der Waals surface area contributed by atoms with E-state index in [-0.39, 0.29) is 28.7 Å². The standard InChI is InChI=1S/C18H17ClNO4S.V/c1-3-8-14(19)13-17-16(18(21)24-4-2)11-12-20(17)25(22,23)15-9-6-5-7-10-15;/h1,3,5-11,17H,4,12H2,2H3;/q-1;/b8-3-;. The molecule has 0 aliphatic carbocycles. The number of allylic oxidation sites excluding steroid dienone is 3. The molecule has 5 nitrogen and oxygen atoms in total. The molecule has 0 spiro atoms. The summed E-state index contributed by atoms with van der Waals surface area (Å²) in [7, 11) is -3.83. The molecule has 1 aromatic rings. The third-order valence-electron chi connectivity index (χ3n) is 3.54. The Balaban J connectivity index is 2.44. The Morgan fingerprint density at radius 1 is 1.42 bits per heavy atom. The average molecular weight is 430 g/mol. The van der Waals surface area contributed by atoms with Gasteiger partial charge in [0, 0.05) is 0 Å². The van der Waals surface area contributed by atoms with Crippen LogP contribution in [0.4, 0.5) is 0 Å². The van der Waals surface area contributed by atoms with E-state index in [1.54, 1.807) is 42.0 Å². The summed E-state index contributed by atoms with van der Waals surface area (Å²) >= 11 is 8.40. The number of sulfonamides is 1. The SMILES string of the molecule is CCOC(=O)C1=CCN(S(=O)(=O)c2ccccc2)C1[C-]=C(Cl)/C=C\[CH]=[V]. The second kappa shape index (κ2) is 9.49. The number of ether oxygens (including phenoxy) is 1. The zero-order chi connectivity index (χ0) is 19.2. The van der Waals surface area contributed by atoms with E-state index in [1.807, 2.05) is 0 Å². The van der Waals surface area contributed by atoms with E-state index < -0.39 is 22.0 Å². The molecule has 0 saturated carbocycles. The molecule has 1 unspecified atom stereocenters. The second-order valence-corrected chi connectivity index (χ2v) is 7.93. The minimum atomic E-state index is -3.83. The summed E-state index contributed by atoms with van der Waals surface area (Å²) in [6, 6.07) is 7.07. The Bertz CT molecular complexity index is 862. The summed E-state index contributed by atoms with van der Waals surface area (Å²) in [6.45, 7) is 1.91. The number of hydrogen-bond acceptors (Lipinski definition) is 4. The summed E-state index contributed by atoms with van der Waals surface area (Å²) in [6.07, 6.45) is 7.65. The maximum absolute atomic E-state index is 13.0. The second-order valence-electron chi connectivity index (χ2n) is 5.17.